The molecule has 5 nitrogen and oxygen atoms in total. The van der Waals surface area contributed by atoms with Gasteiger partial charge in [-0.15, -0.1) is 0 Å². The molecule has 2 aromatic carbocycles. The van der Waals surface area contributed by atoms with E-state index in [4.69, 9.17) is 16.8 Å². The Kier molecular flexibility index (Phi) is 5.66. The summed E-state index contributed by atoms with van der Waals surface area (Å²) in [6.07, 6.45) is 0. The van der Waals surface area contributed by atoms with Crippen molar-refractivity contribution in [2.45, 2.75) is 6.54 Å². The summed E-state index contributed by atoms with van der Waals surface area (Å²) in [5.74, 6) is -0.643. The molecule has 2 aromatic rings. The fraction of sp³-hybridized carbons (Fsp3) is 0.125. The van der Waals surface area contributed by atoms with Crippen LogP contribution in [0.3, 0.4) is 0 Å². The Morgan fingerprint density at radius 3 is 2.36 bits per heavy atom. The molecule has 0 heterocycles. The highest BCUT2D eigenvalue weighted by atomic mass is 35.5. The van der Waals surface area contributed by atoms with Gasteiger partial charge >= 0.3 is 0 Å². The summed E-state index contributed by atoms with van der Waals surface area (Å²) in [5.41, 5.74) is 3.34. The number of carbonyl (C=O) groups excluding carboxylic acids is 2. The van der Waals surface area contributed by atoms with Gasteiger partial charge in [0.1, 0.15) is 0 Å². The van der Waals surface area contributed by atoms with Crippen LogP contribution in [0.2, 0.25) is 5.02 Å². The van der Waals surface area contributed by atoms with E-state index in [9.17, 15) is 9.59 Å². The Morgan fingerprint density at radius 2 is 1.73 bits per heavy atom. The number of amides is 1. The third kappa shape index (κ3) is 4.14. The molecule has 2 rings (SSSR count). The van der Waals surface area contributed by atoms with Gasteiger partial charge in [0, 0.05) is 17.7 Å². The SMILES string of the molecule is O=C(NO)c1ccc(CNCC(=O)c2ccccc2Cl)cc1. The van der Waals surface area contributed by atoms with E-state index in [1.54, 1.807) is 54.0 Å². The van der Waals surface area contributed by atoms with Gasteiger partial charge in [-0.3, -0.25) is 14.8 Å². The normalized spacial score (nSPS) is 10.3. The molecule has 0 spiro atoms. The Balaban J connectivity index is 1.87. The van der Waals surface area contributed by atoms with Crippen LogP contribution < -0.4 is 10.8 Å². The van der Waals surface area contributed by atoms with E-state index in [1.807, 2.05) is 0 Å². The van der Waals surface area contributed by atoms with Crippen molar-refractivity contribution in [1.29, 1.82) is 0 Å². The average molecular weight is 319 g/mol. The number of hydrogen-bond acceptors (Lipinski definition) is 4. The molecule has 0 aliphatic heterocycles. The maximum Gasteiger partial charge on any atom is 0.274 e. The Labute approximate surface area is 132 Å². The summed E-state index contributed by atoms with van der Waals surface area (Å²) in [6.45, 7) is 0.653. The van der Waals surface area contributed by atoms with Crippen molar-refractivity contribution in [3.05, 3.63) is 70.2 Å². The summed E-state index contributed by atoms with van der Waals surface area (Å²) >= 11 is 5.97. The molecule has 0 fully saturated rings. The van der Waals surface area contributed by atoms with Crippen LogP contribution in [0.4, 0.5) is 0 Å². The van der Waals surface area contributed by atoms with Gasteiger partial charge in [-0.1, -0.05) is 35.9 Å². The molecule has 0 aliphatic rings. The van der Waals surface area contributed by atoms with Crippen LogP contribution in [0, 0.1) is 0 Å². The van der Waals surface area contributed by atoms with E-state index in [-0.39, 0.29) is 12.3 Å². The molecule has 1 amide bonds. The van der Waals surface area contributed by atoms with Crippen molar-refractivity contribution in [3.63, 3.8) is 0 Å². The minimum Gasteiger partial charge on any atom is -0.306 e. The van der Waals surface area contributed by atoms with Gasteiger partial charge in [0.2, 0.25) is 0 Å². The van der Waals surface area contributed by atoms with Gasteiger partial charge in [0.25, 0.3) is 5.91 Å². The molecule has 0 radical (unpaired) electrons. The van der Waals surface area contributed by atoms with E-state index in [1.165, 1.54) is 0 Å². The molecule has 0 atom stereocenters. The standard InChI is InChI=1S/C16H15ClN2O3/c17-14-4-2-1-3-13(14)15(20)10-18-9-11-5-7-12(8-6-11)16(21)19-22/h1-8,18,22H,9-10H2,(H,19,21). The molecule has 0 bridgehead atoms. The summed E-state index contributed by atoms with van der Waals surface area (Å²) in [5, 5.41) is 12.0. The highest BCUT2D eigenvalue weighted by Crippen LogP contribution is 2.15. The first-order valence-corrected chi connectivity index (χ1v) is 7.01. The maximum atomic E-state index is 12.0. The Bertz CT molecular complexity index is 671. The lowest BCUT2D eigenvalue weighted by Gasteiger charge is -2.06. The topological polar surface area (TPSA) is 78.4 Å². The van der Waals surface area contributed by atoms with Gasteiger partial charge in [0.05, 0.1) is 11.6 Å². The lowest BCUT2D eigenvalue weighted by atomic mass is 10.1. The highest BCUT2D eigenvalue weighted by Gasteiger charge is 2.09. The number of benzene rings is 2. The molecule has 0 saturated carbocycles. The second-order valence-corrected chi connectivity index (χ2v) is 5.05. The predicted molar refractivity (Wildman–Crippen MR) is 83.2 cm³/mol. The van der Waals surface area contributed by atoms with Crippen molar-refractivity contribution < 1.29 is 14.8 Å². The lowest BCUT2D eigenvalue weighted by molar-refractivity contribution is 0.0706. The number of Topliss-reactive ketones (excluding diaryl/α,β-unsaturated/α-hetero) is 1. The molecule has 0 saturated heterocycles. The van der Waals surface area contributed by atoms with Crippen LogP contribution in [0.15, 0.2) is 48.5 Å². The molecular weight excluding hydrogens is 304 g/mol. The fourth-order valence-corrected chi connectivity index (χ4v) is 2.18. The average Bonchev–Trinajstić information content (AvgIpc) is 2.55. The molecule has 3 N–H and O–H groups in total. The van der Waals surface area contributed by atoms with Crippen LogP contribution in [-0.4, -0.2) is 23.4 Å². The van der Waals surface area contributed by atoms with E-state index < -0.39 is 5.91 Å². The van der Waals surface area contributed by atoms with Crippen molar-refractivity contribution >= 4 is 23.3 Å². The summed E-state index contributed by atoms with van der Waals surface area (Å²) in [6, 6.07) is 13.6. The zero-order valence-corrected chi connectivity index (χ0v) is 12.4. The lowest BCUT2D eigenvalue weighted by Crippen LogP contribution is -2.23. The van der Waals surface area contributed by atoms with Gasteiger partial charge in [-0.25, -0.2) is 5.48 Å². The number of nitrogens with one attached hydrogen (secondary N) is 2. The largest absolute Gasteiger partial charge is 0.306 e. The third-order valence-corrected chi connectivity index (χ3v) is 3.44. The second kappa shape index (κ2) is 7.70. The number of halogens is 1. The number of carbonyl (C=O) groups is 2. The van der Waals surface area contributed by atoms with Gasteiger partial charge < -0.3 is 5.32 Å². The predicted octanol–water partition coefficient (Wildman–Crippen LogP) is 2.43. The van der Waals surface area contributed by atoms with Crippen LogP contribution in [0.5, 0.6) is 0 Å². The van der Waals surface area contributed by atoms with E-state index >= 15 is 0 Å². The fourth-order valence-electron chi connectivity index (χ4n) is 1.94. The smallest absolute Gasteiger partial charge is 0.274 e. The molecule has 114 valence electrons. The molecule has 22 heavy (non-hydrogen) atoms. The molecule has 0 aromatic heterocycles. The van der Waals surface area contributed by atoms with Crippen LogP contribution >= 0.6 is 11.6 Å². The monoisotopic (exact) mass is 318 g/mol. The van der Waals surface area contributed by atoms with Crippen molar-refractivity contribution in [2.75, 3.05) is 6.54 Å². The maximum absolute atomic E-state index is 12.0. The first-order valence-electron chi connectivity index (χ1n) is 6.63. The molecule has 6 heteroatoms. The van der Waals surface area contributed by atoms with E-state index in [0.29, 0.717) is 22.7 Å². The van der Waals surface area contributed by atoms with Gasteiger partial charge in [-0.05, 0) is 29.8 Å². The first-order chi connectivity index (χ1) is 10.6. The third-order valence-electron chi connectivity index (χ3n) is 3.11. The van der Waals surface area contributed by atoms with Gasteiger partial charge in [0.15, 0.2) is 5.78 Å². The Morgan fingerprint density at radius 1 is 1.05 bits per heavy atom. The summed E-state index contributed by atoms with van der Waals surface area (Å²) in [4.78, 5) is 23.2. The number of hydroxylamine groups is 1. The van der Waals surface area contributed by atoms with Crippen LogP contribution in [-0.2, 0) is 6.54 Å². The Hall–Kier alpha value is -2.21. The van der Waals surface area contributed by atoms with Crippen molar-refractivity contribution in [1.82, 2.24) is 10.8 Å². The molecular formula is C16H15ClN2O3. The number of rotatable bonds is 6. The zero-order valence-electron chi connectivity index (χ0n) is 11.7. The highest BCUT2D eigenvalue weighted by molar-refractivity contribution is 6.34. The molecule has 0 aliphatic carbocycles. The summed E-state index contributed by atoms with van der Waals surface area (Å²) in [7, 11) is 0. The van der Waals surface area contributed by atoms with Crippen LogP contribution in [0.1, 0.15) is 26.3 Å². The van der Waals surface area contributed by atoms with Crippen LogP contribution in [0.25, 0.3) is 0 Å². The summed E-state index contributed by atoms with van der Waals surface area (Å²) < 4.78 is 0. The van der Waals surface area contributed by atoms with Crippen molar-refractivity contribution in [2.24, 2.45) is 0 Å². The van der Waals surface area contributed by atoms with E-state index in [0.717, 1.165) is 5.56 Å². The molecule has 0 unspecified atom stereocenters. The van der Waals surface area contributed by atoms with Crippen molar-refractivity contribution in [3.8, 4) is 0 Å². The zero-order chi connectivity index (χ0) is 15.9. The number of hydrogen-bond donors (Lipinski definition) is 3. The van der Waals surface area contributed by atoms with Gasteiger partial charge in [-0.2, -0.15) is 0 Å². The quantitative estimate of drug-likeness (QED) is 0.434. The second-order valence-electron chi connectivity index (χ2n) is 4.64. The van der Waals surface area contributed by atoms with E-state index in [2.05, 4.69) is 5.32 Å². The first kappa shape index (κ1) is 16.2. The number of ketones is 1. The minimum absolute atomic E-state index is 0.0816. The minimum atomic E-state index is -0.562.